The molecule has 1 heterocycles. The monoisotopic (exact) mass is 260 g/mol. The van der Waals surface area contributed by atoms with Crippen molar-refractivity contribution in [2.45, 2.75) is 18.1 Å². The molecule has 0 bridgehead atoms. The number of aromatic nitrogens is 1. The van der Waals surface area contributed by atoms with Crippen molar-refractivity contribution in [2.75, 3.05) is 18.9 Å². The SMILES string of the molecule is CC(C)COC(=O)NCCSc1cncs1. The average Bonchev–Trinajstić information content (AvgIpc) is 2.74. The summed E-state index contributed by atoms with van der Waals surface area (Å²) in [5.74, 6) is 1.20. The second kappa shape index (κ2) is 7.51. The van der Waals surface area contributed by atoms with Crippen LogP contribution in [-0.4, -0.2) is 30.0 Å². The Balaban J connectivity index is 2.00. The minimum atomic E-state index is -0.335. The van der Waals surface area contributed by atoms with Crippen molar-refractivity contribution in [1.82, 2.24) is 10.3 Å². The Morgan fingerprint density at radius 3 is 3.12 bits per heavy atom. The molecule has 0 fully saturated rings. The van der Waals surface area contributed by atoms with Crippen molar-refractivity contribution in [1.29, 1.82) is 0 Å². The first kappa shape index (κ1) is 13.3. The van der Waals surface area contributed by atoms with Crippen LogP contribution in [0, 0.1) is 5.92 Å². The van der Waals surface area contributed by atoms with Crippen LogP contribution in [0.15, 0.2) is 15.9 Å². The van der Waals surface area contributed by atoms with E-state index in [0.717, 1.165) is 9.96 Å². The fraction of sp³-hybridized carbons (Fsp3) is 0.600. The highest BCUT2D eigenvalue weighted by atomic mass is 32.2. The number of carbonyl (C=O) groups is 1. The molecule has 4 nitrogen and oxygen atoms in total. The Bertz CT molecular complexity index is 302. The fourth-order valence-corrected chi connectivity index (χ4v) is 2.41. The van der Waals surface area contributed by atoms with E-state index in [1.807, 2.05) is 20.0 Å². The highest BCUT2D eigenvalue weighted by molar-refractivity contribution is 8.01. The van der Waals surface area contributed by atoms with Gasteiger partial charge in [-0.2, -0.15) is 0 Å². The van der Waals surface area contributed by atoms with Crippen LogP contribution in [0.3, 0.4) is 0 Å². The quantitative estimate of drug-likeness (QED) is 0.631. The molecular weight excluding hydrogens is 244 g/mol. The second-order valence-corrected chi connectivity index (χ2v) is 5.87. The van der Waals surface area contributed by atoms with Gasteiger partial charge in [0.15, 0.2) is 0 Å². The molecule has 1 rings (SSSR count). The average molecular weight is 260 g/mol. The number of hydrogen-bond acceptors (Lipinski definition) is 5. The van der Waals surface area contributed by atoms with Crippen molar-refractivity contribution in [3.63, 3.8) is 0 Å². The van der Waals surface area contributed by atoms with Gasteiger partial charge in [-0.05, 0) is 5.92 Å². The Labute approximate surface area is 104 Å². The molecule has 0 atom stereocenters. The molecule has 0 radical (unpaired) electrons. The van der Waals surface area contributed by atoms with Crippen LogP contribution in [-0.2, 0) is 4.74 Å². The van der Waals surface area contributed by atoms with E-state index in [9.17, 15) is 4.79 Å². The molecule has 1 amide bonds. The molecule has 0 saturated heterocycles. The largest absolute Gasteiger partial charge is 0.449 e. The van der Waals surface area contributed by atoms with Crippen molar-refractivity contribution in [2.24, 2.45) is 5.92 Å². The van der Waals surface area contributed by atoms with Gasteiger partial charge in [-0.1, -0.05) is 13.8 Å². The molecule has 0 spiro atoms. The third-order valence-electron chi connectivity index (χ3n) is 1.57. The molecule has 0 aliphatic heterocycles. The number of ether oxygens (including phenoxy) is 1. The van der Waals surface area contributed by atoms with Gasteiger partial charge in [0.2, 0.25) is 0 Å². The van der Waals surface area contributed by atoms with Crippen LogP contribution in [0.5, 0.6) is 0 Å². The number of alkyl carbamates (subject to hydrolysis) is 1. The molecule has 0 saturated carbocycles. The van der Waals surface area contributed by atoms with Crippen molar-refractivity contribution >= 4 is 29.2 Å². The van der Waals surface area contributed by atoms with E-state index in [4.69, 9.17) is 4.74 Å². The number of amides is 1. The predicted octanol–water partition coefficient (Wildman–Crippen LogP) is 2.62. The van der Waals surface area contributed by atoms with Crippen LogP contribution >= 0.6 is 23.1 Å². The first-order valence-corrected chi connectivity index (χ1v) is 6.97. The lowest BCUT2D eigenvalue weighted by Crippen LogP contribution is -2.27. The summed E-state index contributed by atoms with van der Waals surface area (Å²) in [6.07, 6.45) is 1.49. The third-order valence-corrected chi connectivity index (χ3v) is 3.58. The first-order valence-electron chi connectivity index (χ1n) is 5.10. The van der Waals surface area contributed by atoms with Crippen LogP contribution < -0.4 is 5.32 Å². The topological polar surface area (TPSA) is 51.2 Å². The van der Waals surface area contributed by atoms with Gasteiger partial charge in [0.05, 0.1) is 22.5 Å². The van der Waals surface area contributed by atoms with Crippen LogP contribution in [0.2, 0.25) is 0 Å². The van der Waals surface area contributed by atoms with Gasteiger partial charge in [-0.25, -0.2) is 4.79 Å². The molecule has 16 heavy (non-hydrogen) atoms. The summed E-state index contributed by atoms with van der Waals surface area (Å²) in [7, 11) is 0. The molecule has 90 valence electrons. The molecule has 0 unspecified atom stereocenters. The summed E-state index contributed by atoms with van der Waals surface area (Å²) in [5, 5.41) is 2.70. The van der Waals surface area contributed by atoms with Gasteiger partial charge < -0.3 is 10.1 Å². The zero-order valence-electron chi connectivity index (χ0n) is 9.43. The van der Waals surface area contributed by atoms with Gasteiger partial charge in [0.25, 0.3) is 0 Å². The highest BCUT2D eigenvalue weighted by Crippen LogP contribution is 2.20. The third kappa shape index (κ3) is 5.97. The Hall–Kier alpha value is -0.750. The number of rotatable bonds is 6. The number of thioether (sulfide) groups is 1. The summed E-state index contributed by atoms with van der Waals surface area (Å²) in [5.41, 5.74) is 1.80. The predicted molar refractivity (Wildman–Crippen MR) is 67.0 cm³/mol. The maximum absolute atomic E-state index is 11.2. The fourth-order valence-electron chi connectivity index (χ4n) is 0.873. The van der Waals surface area contributed by atoms with Gasteiger partial charge in [-0.3, -0.25) is 4.98 Å². The second-order valence-electron chi connectivity index (χ2n) is 3.59. The standard InChI is InChI=1S/C10H16N2O2S2/c1-8(2)6-14-10(13)12-3-4-15-9-5-11-7-16-9/h5,7-8H,3-4,6H2,1-2H3,(H,12,13). The Kier molecular flexibility index (Phi) is 6.25. The van der Waals surface area contributed by atoms with Gasteiger partial charge in [-0.15, -0.1) is 23.1 Å². The zero-order chi connectivity index (χ0) is 11.8. The van der Waals surface area contributed by atoms with E-state index < -0.39 is 0 Å². The van der Waals surface area contributed by atoms with Crippen LogP contribution in [0.25, 0.3) is 0 Å². The van der Waals surface area contributed by atoms with E-state index in [2.05, 4.69) is 10.3 Å². The number of thiazole rings is 1. The molecule has 0 aromatic carbocycles. The van der Waals surface area contributed by atoms with E-state index in [1.54, 1.807) is 28.6 Å². The van der Waals surface area contributed by atoms with Gasteiger partial charge in [0.1, 0.15) is 0 Å². The van der Waals surface area contributed by atoms with Crippen LogP contribution in [0.4, 0.5) is 4.79 Å². The highest BCUT2D eigenvalue weighted by Gasteiger charge is 2.03. The van der Waals surface area contributed by atoms with E-state index in [-0.39, 0.29) is 6.09 Å². The number of nitrogens with one attached hydrogen (secondary N) is 1. The summed E-state index contributed by atoms with van der Waals surface area (Å²) < 4.78 is 6.14. The normalized spacial score (nSPS) is 10.4. The number of nitrogens with zero attached hydrogens (tertiary/aromatic N) is 1. The van der Waals surface area contributed by atoms with Gasteiger partial charge in [0, 0.05) is 12.3 Å². The van der Waals surface area contributed by atoms with Crippen molar-refractivity contribution < 1.29 is 9.53 Å². The lowest BCUT2D eigenvalue weighted by atomic mass is 10.2. The first-order chi connectivity index (χ1) is 7.68. The summed E-state index contributed by atoms with van der Waals surface area (Å²) in [6, 6.07) is 0. The molecule has 1 N–H and O–H groups in total. The lowest BCUT2D eigenvalue weighted by Gasteiger charge is -2.08. The number of carbonyl (C=O) groups excluding carboxylic acids is 1. The molecule has 1 aromatic heterocycles. The molecule has 0 aliphatic carbocycles. The lowest BCUT2D eigenvalue weighted by molar-refractivity contribution is 0.133. The van der Waals surface area contributed by atoms with Crippen molar-refractivity contribution in [3.8, 4) is 0 Å². The maximum atomic E-state index is 11.2. The van der Waals surface area contributed by atoms with E-state index >= 15 is 0 Å². The van der Waals surface area contributed by atoms with Crippen molar-refractivity contribution in [3.05, 3.63) is 11.7 Å². The Morgan fingerprint density at radius 1 is 1.69 bits per heavy atom. The molecule has 0 aliphatic rings. The van der Waals surface area contributed by atoms with E-state index in [0.29, 0.717) is 19.1 Å². The minimum absolute atomic E-state index is 0.335. The van der Waals surface area contributed by atoms with Gasteiger partial charge >= 0.3 is 6.09 Å². The Morgan fingerprint density at radius 2 is 2.50 bits per heavy atom. The van der Waals surface area contributed by atoms with Crippen LogP contribution in [0.1, 0.15) is 13.8 Å². The summed E-state index contributed by atoms with van der Waals surface area (Å²) in [6.45, 7) is 5.09. The molecule has 1 aromatic rings. The summed E-state index contributed by atoms with van der Waals surface area (Å²) >= 11 is 3.28. The zero-order valence-corrected chi connectivity index (χ0v) is 11.1. The molecule has 6 heteroatoms. The maximum Gasteiger partial charge on any atom is 0.407 e. The smallest absolute Gasteiger partial charge is 0.407 e. The number of hydrogen-bond donors (Lipinski definition) is 1. The molecular formula is C10H16N2O2S2. The summed E-state index contributed by atoms with van der Waals surface area (Å²) in [4.78, 5) is 15.1. The minimum Gasteiger partial charge on any atom is -0.449 e. The van der Waals surface area contributed by atoms with E-state index in [1.165, 1.54) is 0 Å².